The Morgan fingerprint density at radius 3 is 2.96 bits per heavy atom. The number of rotatable bonds is 2. The van der Waals surface area contributed by atoms with Crippen LogP contribution < -0.4 is 0 Å². The standard InChI is InChI=1S/C23H26N2O/c1-3-11-25-12-13-26-23-20-15-19(16-24-21(20)9-10-22(23)25)8-7-18-6-4-5-17(2)14-18/h4-6,14-16,22-23H,3,9-13H2,1-2H3/t22-,23+/m1/s1. The van der Waals surface area contributed by atoms with Crippen molar-refractivity contribution in [1.82, 2.24) is 9.88 Å². The lowest BCUT2D eigenvalue weighted by atomic mass is 9.86. The molecule has 1 saturated heterocycles. The molecule has 0 N–H and O–H groups in total. The van der Waals surface area contributed by atoms with Gasteiger partial charge in [0.25, 0.3) is 0 Å². The van der Waals surface area contributed by atoms with Crippen LogP contribution in [0.25, 0.3) is 0 Å². The van der Waals surface area contributed by atoms with Crippen LogP contribution >= 0.6 is 0 Å². The van der Waals surface area contributed by atoms with Crippen molar-refractivity contribution < 1.29 is 4.74 Å². The predicted octanol–water partition coefficient (Wildman–Crippen LogP) is 3.89. The maximum absolute atomic E-state index is 6.19. The first-order valence-corrected chi connectivity index (χ1v) is 9.68. The van der Waals surface area contributed by atoms with E-state index in [-0.39, 0.29) is 6.10 Å². The molecule has 1 aliphatic carbocycles. The lowest BCUT2D eigenvalue weighted by Crippen LogP contribution is -2.49. The number of ether oxygens (including phenoxy) is 1. The minimum Gasteiger partial charge on any atom is -0.370 e. The predicted molar refractivity (Wildman–Crippen MR) is 104 cm³/mol. The first-order chi connectivity index (χ1) is 12.7. The van der Waals surface area contributed by atoms with Gasteiger partial charge in [-0.2, -0.15) is 0 Å². The Bertz CT molecular complexity index is 847. The van der Waals surface area contributed by atoms with Crippen LogP contribution in [0.1, 0.15) is 53.8 Å². The highest BCUT2D eigenvalue weighted by Crippen LogP contribution is 2.37. The second-order valence-corrected chi connectivity index (χ2v) is 7.31. The molecule has 1 aliphatic heterocycles. The third-order valence-electron chi connectivity index (χ3n) is 5.36. The normalized spacial score (nSPS) is 22.1. The molecule has 1 aromatic carbocycles. The zero-order valence-electron chi connectivity index (χ0n) is 15.7. The van der Waals surface area contributed by atoms with Gasteiger partial charge >= 0.3 is 0 Å². The van der Waals surface area contributed by atoms with Crippen LogP contribution in [0.15, 0.2) is 36.5 Å². The van der Waals surface area contributed by atoms with Gasteiger partial charge in [-0.25, -0.2) is 0 Å². The number of hydrogen-bond donors (Lipinski definition) is 0. The summed E-state index contributed by atoms with van der Waals surface area (Å²) in [5, 5.41) is 0. The summed E-state index contributed by atoms with van der Waals surface area (Å²) in [6.45, 7) is 7.35. The van der Waals surface area contributed by atoms with Crippen molar-refractivity contribution in [1.29, 1.82) is 0 Å². The van der Waals surface area contributed by atoms with Crippen molar-refractivity contribution in [3.8, 4) is 11.8 Å². The van der Waals surface area contributed by atoms with Crippen molar-refractivity contribution in [3.63, 3.8) is 0 Å². The van der Waals surface area contributed by atoms with Crippen LogP contribution in [-0.2, 0) is 11.2 Å². The number of aromatic nitrogens is 1. The topological polar surface area (TPSA) is 25.4 Å². The SMILES string of the molecule is CCCN1CCO[C@H]2c3cc(C#Cc4cccc(C)c4)cnc3CC[C@H]21. The summed E-state index contributed by atoms with van der Waals surface area (Å²) in [4.78, 5) is 7.31. The first-order valence-electron chi connectivity index (χ1n) is 9.68. The van der Waals surface area contributed by atoms with Gasteiger partial charge in [-0.3, -0.25) is 9.88 Å². The molecule has 26 heavy (non-hydrogen) atoms. The van der Waals surface area contributed by atoms with E-state index in [0.717, 1.165) is 43.7 Å². The molecule has 0 amide bonds. The van der Waals surface area contributed by atoms with Gasteiger partial charge in [0.05, 0.1) is 12.7 Å². The molecule has 2 aromatic rings. The van der Waals surface area contributed by atoms with Gasteiger partial charge in [-0.1, -0.05) is 30.9 Å². The molecular formula is C23H26N2O. The molecule has 1 fully saturated rings. The molecule has 1 aromatic heterocycles. The molecule has 2 aliphatic rings. The molecule has 3 heteroatoms. The van der Waals surface area contributed by atoms with Crippen LogP contribution in [-0.4, -0.2) is 35.6 Å². The van der Waals surface area contributed by atoms with E-state index in [9.17, 15) is 0 Å². The number of fused-ring (bicyclic) bond motifs is 3. The highest BCUT2D eigenvalue weighted by molar-refractivity contribution is 5.45. The number of morpholine rings is 1. The molecule has 0 unspecified atom stereocenters. The molecule has 2 atom stereocenters. The molecule has 0 saturated carbocycles. The Kier molecular flexibility index (Phi) is 5.06. The van der Waals surface area contributed by atoms with Crippen LogP contribution in [0, 0.1) is 18.8 Å². The average Bonchev–Trinajstić information content (AvgIpc) is 2.66. The summed E-state index contributed by atoms with van der Waals surface area (Å²) >= 11 is 0. The summed E-state index contributed by atoms with van der Waals surface area (Å²) in [6.07, 6.45) is 5.42. The fourth-order valence-electron chi connectivity index (χ4n) is 4.15. The smallest absolute Gasteiger partial charge is 0.0998 e. The van der Waals surface area contributed by atoms with Crippen molar-refractivity contribution in [2.24, 2.45) is 0 Å². The van der Waals surface area contributed by atoms with Crippen LogP contribution in [0.3, 0.4) is 0 Å². The number of aryl methyl sites for hydroxylation is 2. The zero-order chi connectivity index (χ0) is 17.9. The third kappa shape index (κ3) is 3.53. The fourth-order valence-corrected chi connectivity index (χ4v) is 4.15. The summed E-state index contributed by atoms with van der Waals surface area (Å²) in [5.74, 6) is 6.56. The van der Waals surface area contributed by atoms with Gasteiger partial charge in [0.1, 0.15) is 0 Å². The maximum atomic E-state index is 6.19. The van der Waals surface area contributed by atoms with Gasteiger partial charge in [0, 0.05) is 41.2 Å². The van der Waals surface area contributed by atoms with E-state index < -0.39 is 0 Å². The molecule has 0 radical (unpaired) electrons. The quantitative estimate of drug-likeness (QED) is 0.772. The minimum atomic E-state index is 0.146. The fraction of sp³-hybridized carbons (Fsp3) is 0.435. The van der Waals surface area contributed by atoms with E-state index in [1.165, 1.54) is 23.2 Å². The highest BCUT2D eigenvalue weighted by Gasteiger charge is 2.37. The number of pyridine rings is 1. The van der Waals surface area contributed by atoms with E-state index in [1.807, 2.05) is 12.3 Å². The van der Waals surface area contributed by atoms with E-state index in [2.05, 4.69) is 54.9 Å². The lowest BCUT2D eigenvalue weighted by Gasteiger charge is -2.44. The Hall–Kier alpha value is -2.15. The van der Waals surface area contributed by atoms with Gasteiger partial charge in [-0.05, 0) is 56.5 Å². The van der Waals surface area contributed by atoms with Crippen molar-refractivity contribution in [2.45, 2.75) is 45.3 Å². The third-order valence-corrected chi connectivity index (χ3v) is 5.36. The second-order valence-electron chi connectivity index (χ2n) is 7.31. The Morgan fingerprint density at radius 2 is 2.12 bits per heavy atom. The summed E-state index contributed by atoms with van der Waals surface area (Å²) < 4.78 is 6.19. The molecule has 0 spiro atoms. The summed E-state index contributed by atoms with van der Waals surface area (Å²) in [5.41, 5.74) is 5.68. The van der Waals surface area contributed by atoms with E-state index >= 15 is 0 Å². The van der Waals surface area contributed by atoms with E-state index in [1.54, 1.807) is 0 Å². The zero-order valence-corrected chi connectivity index (χ0v) is 15.7. The largest absolute Gasteiger partial charge is 0.370 e. The van der Waals surface area contributed by atoms with E-state index in [4.69, 9.17) is 9.72 Å². The molecule has 134 valence electrons. The van der Waals surface area contributed by atoms with E-state index in [0.29, 0.717) is 6.04 Å². The van der Waals surface area contributed by atoms with Gasteiger partial charge < -0.3 is 4.74 Å². The molecular weight excluding hydrogens is 320 g/mol. The second kappa shape index (κ2) is 7.61. The number of nitrogens with zero attached hydrogens (tertiary/aromatic N) is 2. The number of benzene rings is 1. The number of hydrogen-bond acceptors (Lipinski definition) is 3. The highest BCUT2D eigenvalue weighted by atomic mass is 16.5. The summed E-state index contributed by atoms with van der Waals surface area (Å²) in [7, 11) is 0. The van der Waals surface area contributed by atoms with Gasteiger partial charge in [0.15, 0.2) is 0 Å². The lowest BCUT2D eigenvalue weighted by molar-refractivity contribution is -0.0805. The molecule has 4 rings (SSSR count). The maximum Gasteiger partial charge on any atom is 0.0998 e. The summed E-state index contributed by atoms with van der Waals surface area (Å²) in [6, 6.07) is 11.0. The van der Waals surface area contributed by atoms with Crippen molar-refractivity contribution >= 4 is 0 Å². The monoisotopic (exact) mass is 346 g/mol. The minimum absolute atomic E-state index is 0.146. The first kappa shape index (κ1) is 17.3. The Morgan fingerprint density at radius 1 is 1.23 bits per heavy atom. The Balaban J connectivity index is 1.62. The van der Waals surface area contributed by atoms with Gasteiger partial charge in [0.2, 0.25) is 0 Å². The Labute approximate surface area is 156 Å². The van der Waals surface area contributed by atoms with Crippen molar-refractivity contribution in [3.05, 3.63) is 64.5 Å². The van der Waals surface area contributed by atoms with Crippen LogP contribution in [0.5, 0.6) is 0 Å². The van der Waals surface area contributed by atoms with Crippen molar-refractivity contribution in [2.75, 3.05) is 19.7 Å². The average molecular weight is 346 g/mol. The molecule has 3 nitrogen and oxygen atoms in total. The van der Waals surface area contributed by atoms with Crippen LogP contribution in [0.2, 0.25) is 0 Å². The van der Waals surface area contributed by atoms with Crippen LogP contribution in [0.4, 0.5) is 0 Å². The molecule has 2 heterocycles. The molecule has 0 bridgehead atoms. The van der Waals surface area contributed by atoms with Gasteiger partial charge in [-0.15, -0.1) is 0 Å².